The van der Waals surface area contributed by atoms with Gasteiger partial charge in [0.25, 0.3) is 0 Å². The Morgan fingerprint density at radius 1 is 0.975 bits per heavy atom. The summed E-state index contributed by atoms with van der Waals surface area (Å²) in [7, 11) is 0. The normalized spacial score (nSPS) is 11.8. The molecule has 10 heteroatoms. The number of fused-ring (bicyclic) bond motifs is 2. The van der Waals surface area contributed by atoms with Crippen LogP contribution in [0.5, 0.6) is 0 Å². The van der Waals surface area contributed by atoms with Crippen molar-refractivity contribution in [1.82, 2.24) is 30.1 Å². The average Bonchev–Trinajstić information content (AvgIpc) is 3.52. The minimum atomic E-state index is -0.518. The number of pyridine rings is 2. The van der Waals surface area contributed by atoms with Crippen molar-refractivity contribution in [2.75, 3.05) is 5.32 Å². The monoisotopic (exact) mass is 537 g/mol. The highest BCUT2D eigenvalue weighted by Crippen LogP contribution is 2.34. The van der Waals surface area contributed by atoms with Crippen molar-refractivity contribution in [1.29, 1.82) is 0 Å². The quantitative estimate of drug-likeness (QED) is 0.222. The lowest BCUT2D eigenvalue weighted by atomic mass is 9.92. The third kappa shape index (κ3) is 4.91. The van der Waals surface area contributed by atoms with Gasteiger partial charge in [0.15, 0.2) is 11.6 Å². The first-order chi connectivity index (χ1) is 19.1. The number of anilines is 1. The number of amides is 1. The Kier molecular flexibility index (Phi) is 6.10. The number of hydrogen-bond acceptors (Lipinski definition) is 5. The Morgan fingerprint density at radius 2 is 1.82 bits per heavy atom. The SMILES string of the molecule is CC(C)(C)CC(=O)Nc1cncc(-c2cc(F)c3n[nH]c(-c4nc5c(-c6cccc(F)c6)nccc5[nH]4)c3c2)c1. The lowest BCUT2D eigenvalue weighted by molar-refractivity contribution is -0.117. The molecule has 0 saturated carbocycles. The van der Waals surface area contributed by atoms with Crippen LogP contribution in [0.25, 0.3) is 55.8 Å². The Bertz CT molecular complexity index is 1900. The molecule has 4 heterocycles. The first kappa shape index (κ1) is 25.3. The van der Waals surface area contributed by atoms with Crippen molar-refractivity contribution < 1.29 is 13.6 Å². The maximum Gasteiger partial charge on any atom is 0.224 e. The van der Waals surface area contributed by atoms with E-state index in [0.717, 1.165) is 0 Å². The molecule has 200 valence electrons. The standard InChI is InChI=1S/C30H25F2N7O/c1-30(2,3)13-24(40)35-20-10-18(14-33-15-20)17-11-21-26(22(32)12-17)38-39-27(21)29-36-23-7-8-34-25(28(23)37-29)16-5-4-6-19(31)9-16/h4-12,14-15H,13H2,1-3H3,(H,35,40)(H,36,37)(H,38,39). The molecule has 2 aromatic carbocycles. The molecule has 6 rings (SSSR count). The smallest absolute Gasteiger partial charge is 0.224 e. The van der Waals surface area contributed by atoms with Gasteiger partial charge in [-0.1, -0.05) is 32.9 Å². The van der Waals surface area contributed by atoms with Crippen LogP contribution in [-0.4, -0.2) is 36.0 Å². The number of benzene rings is 2. The fraction of sp³-hybridized carbons (Fsp3) is 0.167. The number of aromatic amines is 2. The van der Waals surface area contributed by atoms with Crippen LogP contribution in [0.2, 0.25) is 0 Å². The summed E-state index contributed by atoms with van der Waals surface area (Å²) in [5.41, 5.74) is 4.54. The second-order valence-electron chi connectivity index (χ2n) is 10.9. The third-order valence-corrected chi connectivity index (χ3v) is 6.39. The molecule has 3 N–H and O–H groups in total. The second-order valence-corrected chi connectivity index (χ2v) is 10.9. The largest absolute Gasteiger partial charge is 0.337 e. The van der Waals surface area contributed by atoms with Gasteiger partial charge in [-0.3, -0.25) is 19.9 Å². The molecule has 0 saturated heterocycles. The van der Waals surface area contributed by atoms with Gasteiger partial charge in [-0.2, -0.15) is 5.10 Å². The molecule has 8 nitrogen and oxygen atoms in total. The van der Waals surface area contributed by atoms with E-state index >= 15 is 4.39 Å². The lowest BCUT2D eigenvalue weighted by Gasteiger charge is -2.17. The first-order valence-electron chi connectivity index (χ1n) is 12.7. The van der Waals surface area contributed by atoms with Crippen LogP contribution in [0.1, 0.15) is 27.2 Å². The summed E-state index contributed by atoms with van der Waals surface area (Å²) < 4.78 is 29.1. The topological polar surface area (TPSA) is 112 Å². The number of nitrogens with one attached hydrogen (secondary N) is 3. The summed E-state index contributed by atoms with van der Waals surface area (Å²) >= 11 is 0. The summed E-state index contributed by atoms with van der Waals surface area (Å²) in [4.78, 5) is 29.1. The maximum absolute atomic E-state index is 15.2. The minimum absolute atomic E-state index is 0.123. The Balaban J connectivity index is 1.40. The van der Waals surface area contributed by atoms with E-state index in [1.165, 1.54) is 18.2 Å². The van der Waals surface area contributed by atoms with Crippen LogP contribution in [0, 0.1) is 17.0 Å². The van der Waals surface area contributed by atoms with Gasteiger partial charge < -0.3 is 10.3 Å². The zero-order chi connectivity index (χ0) is 28.0. The van der Waals surface area contributed by atoms with E-state index in [1.807, 2.05) is 20.8 Å². The fourth-order valence-corrected chi connectivity index (χ4v) is 4.68. The van der Waals surface area contributed by atoms with Gasteiger partial charge >= 0.3 is 0 Å². The molecule has 0 spiro atoms. The van der Waals surface area contributed by atoms with E-state index in [9.17, 15) is 9.18 Å². The molecule has 0 radical (unpaired) electrons. The van der Waals surface area contributed by atoms with E-state index in [1.54, 1.807) is 48.9 Å². The van der Waals surface area contributed by atoms with Crippen LogP contribution in [0.3, 0.4) is 0 Å². The predicted octanol–water partition coefficient (Wildman–Crippen LogP) is 6.88. The van der Waals surface area contributed by atoms with E-state index in [4.69, 9.17) is 4.98 Å². The number of rotatable bonds is 5. The second kappa shape index (κ2) is 9.64. The van der Waals surface area contributed by atoms with Crippen molar-refractivity contribution in [2.45, 2.75) is 27.2 Å². The molecule has 0 aliphatic carbocycles. The summed E-state index contributed by atoms with van der Waals surface area (Å²) in [6.45, 7) is 5.97. The highest BCUT2D eigenvalue weighted by atomic mass is 19.1. The Labute approximate surface area is 227 Å². The van der Waals surface area contributed by atoms with Crippen LogP contribution >= 0.6 is 0 Å². The molecule has 4 aromatic heterocycles. The number of halogens is 2. The number of carbonyl (C=O) groups excluding carboxylic acids is 1. The van der Waals surface area contributed by atoms with Crippen LogP contribution in [0.4, 0.5) is 14.5 Å². The Hall–Kier alpha value is -4.99. The number of hydrogen-bond donors (Lipinski definition) is 3. The number of H-pyrrole nitrogens is 2. The fourth-order valence-electron chi connectivity index (χ4n) is 4.68. The molecular weight excluding hydrogens is 512 g/mol. The molecular formula is C30H25F2N7O. The summed E-state index contributed by atoms with van der Waals surface area (Å²) in [5, 5.41) is 10.5. The van der Waals surface area contributed by atoms with Gasteiger partial charge in [-0.15, -0.1) is 0 Å². The molecule has 0 aliphatic rings. The molecule has 1 amide bonds. The van der Waals surface area contributed by atoms with Crippen molar-refractivity contribution in [3.05, 3.63) is 78.8 Å². The molecule has 0 atom stereocenters. The summed E-state index contributed by atoms with van der Waals surface area (Å²) in [6.07, 6.45) is 5.14. The van der Waals surface area contributed by atoms with Crippen LogP contribution in [-0.2, 0) is 4.79 Å². The molecule has 0 unspecified atom stereocenters. The molecule has 0 bridgehead atoms. The zero-order valence-corrected chi connectivity index (χ0v) is 22.0. The first-order valence-corrected chi connectivity index (χ1v) is 12.7. The van der Waals surface area contributed by atoms with Gasteiger partial charge in [0, 0.05) is 35.3 Å². The van der Waals surface area contributed by atoms with E-state index < -0.39 is 5.82 Å². The summed E-state index contributed by atoms with van der Waals surface area (Å²) in [5.74, 6) is -0.583. The summed E-state index contributed by atoms with van der Waals surface area (Å²) in [6, 6.07) is 12.9. The van der Waals surface area contributed by atoms with Gasteiger partial charge in [0.2, 0.25) is 5.91 Å². The lowest BCUT2D eigenvalue weighted by Crippen LogP contribution is -2.19. The van der Waals surface area contributed by atoms with Crippen molar-refractivity contribution >= 4 is 33.5 Å². The highest BCUT2D eigenvalue weighted by molar-refractivity contribution is 5.98. The number of carbonyl (C=O) groups is 1. The number of aromatic nitrogens is 6. The van der Waals surface area contributed by atoms with Gasteiger partial charge in [0.1, 0.15) is 22.5 Å². The van der Waals surface area contributed by atoms with Gasteiger partial charge in [-0.25, -0.2) is 13.8 Å². The minimum Gasteiger partial charge on any atom is -0.337 e. The van der Waals surface area contributed by atoms with Gasteiger partial charge in [-0.05, 0) is 47.4 Å². The van der Waals surface area contributed by atoms with Gasteiger partial charge in [0.05, 0.1) is 23.1 Å². The molecule has 40 heavy (non-hydrogen) atoms. The molecule has 6 aromatic rings. The zero-order valence-electron chi connectivity index (χ0n) is 22.0. The van der Waals surface area contributed by atoms with Crippen LogP contribution < -0.4 is 5.32 Å². The third-order valence-electron chi connectivity index (χ3n) is 6.39. The molecule has 0 aliphatic heterocycles. The highest BCUT2D eigenvalue weighted by Gasteiger charge is 2.19. The molecule has 0 fully saturated rings. The maximum atomic E-state index is 15.2. The van der Waals surface area contributed by atoms with Crippen molar-refractivity contribution in [3.8, 4) is 33.9 Å². The van der Waals surface area contributed by atoms with E-state index in [-0.39, 0.29) is 22.7 Å². The van der Waals surface area contributed by atoms with Crippen LogP contribution in [0.15, 0.2) is 67.1 Å². The van der Waals surface area contributed by atoms with E-state index in [2.05, 4.69) is 30.5 Å². The Morgan fingerprint density at radius 3 is 2.62 bits per heavy atom. The van der Waals surface area contributed by atoms with Crippen molar-refractivity contribution in [3.63, 3.8) is 0 Å². The van der Waals surface area contributed by atoms with E-state index in [0.29, 0.717) is 62.4 Å². The number of nitrogens with zero attached hydrogens (tertiary/aromatic N) is 4. The predicted molar refractivity (Wildman–Crippen MR) is 150 cm³/mol. The average molecular weight is 538 g/mol. The number of imidazole rings is 1. The van der Waals surface area contributed by atoms with Crippen molar-refractivity contribution in [2.24, 2.45) is 5.41 Å².